The molecule has 0 aliphatic carbocycles. The van der Waals surface area contributed by atoms with Gasteiger partial charge in [0, 0.05) is 12.1 Å². The number of rotatable bonds is 3. The zero-order valence-corrected chi connectivity index (χ0v) is 8.62. The molecule has 1 heterocycles. The van der Waals surface area contributed by atoms with Gasteiger partial charge in [0.1, 0.15) is 0 Å². The van der Waals surface area contributed by atoms with Crippen molar-refractivity contribution in [1.29, 1.82) is 0 Å². The summed E-state index contributed by atoms with van der Waals surface area (Å²) in [5, 5.41) is 0. The van der Waals surface area contributed by atoms with Crippen LogP contribution < -0.4 is 0 Å². The Hall–Kier alpha value is -0.890. The minimum Gasteiger partial charge on any atom is -0.257 e. The van der Waals surface area contributed by atoms with Crippen LogP contribution in [-0.4, -0.2) is 15.8 Å². The van der Waals surface area contributed by atoms with E-state index in [9.17, 15) is 0 Å². The van der Waals surface area contributed by atoms with Crippen molar-refractivity contribution in [2.24, 2.45) is 0 Å². The first-order valence-electron chi connectivity index (χ1n) is 4.28. The van der Waals surface area contributed by atoms with E-state index in [4.69, 9.17) is 11.6 Å². The van der Waals surface area contributed by atoms with Gasteiger partial charge >= 0.3 is 0 Å². The second-order valence-corrected chi connectivity index (χ2v) is 3.39. The van der Waals surface area contributed by atoms with E-state index in [0.29, 0.717) is 11.8 Å². The summed E-state index contributed by atoms with van der Waals surface area (Å²) in [6.07, 6.45) is 7.28. The fraction of sp³-hybridized carbons (Fsp3) is 0.400. The summed E-state index contributed by atoms with van der Waals surface area (Å²) >= 11 is 5.50. The van der Waals surface area contributed by atoms with Gasteiger partial charge in [-0.25, -0.2) is 0 Å². The molecule has 0 unspecified atom stereocenters. The minimum atomic E-state index is 0.429. The molecule has 2 nitrogen and oxygen atoms in total. The lowest BCUT2D eigenvalue weighted by atomic mass is 10.1. The molecule has 0 saturated heterocycles. The summed E-state index contributed by atoms with van der Waals surface area (Å²) in [6, 6.07) is 0. The molecule has 0 spiro atoms. The molecule has 0 atom stereocenters. The largest absolute Gasteiger partial charge is 0.257 e. The van der Waals surface area contributed by atoms with Crippen molar-refractivity contribution >= 4 is 17.7 Å². The second kappa shape index (κ2) is 4.97. The highest BCUT2D eigenvalue weighted by atomic mass is 35.5. The van der Waals surface area contributed by atoms with Gasteiger partial charge in [-0.3, -0.25) is 9.97 Å². The molecule has 0 aromatic carbocycles. The van der Waals surface area contributed by atoms with Crippen LogP contribution in [0.2, 0.25) is 0 Å². The highest BCUT2D eigenvalue weighted by Crippen LogP contribution is 2.09. The Morgan fingerprint density at radius 1 is 1.38 bits per heavy atom. The van der Waals surface area contributed by atoms with Gasteiger partial charge in [-0.2, -0.15) is 0 Å². The third kappa shape index (κ3) is 3.15. The molecular weight excluding hydrogens is 184 g/mol. The van der Waals surface area contributed by atoms with Gasteiger partial charge in [0.2, 0.25) is 0 Å². The third-order valence-corrected chi connectivity index (χ3v) is 1.84. The number of halogens is 1. The van der Waals surface area contributed by atoms with Crippen molar-refractivity contribution in [2.45, 2.75) is 19.8 Å². The van der Waals surface area contributed by atoms with Gasteiger partial charge in [-0.15, -0.1) is 11.6 Å². The van der Waals surface area contributed by atoms with Crippen molar-refractivity contribution < 1.29 is 0 Å². The first kappa shape index (κ1) is 10.2. The molecule has 0 aliphatic heterocycles. The van der Waals surface area contributed by atoms with Crippen LogP contribution in [0.15, 0.2) is 18.5 Å². The van der Waals surface area contributed by atoms with Crippen molar-refractivity contribution in [3.8, 4) is 0 Å². The summed E-state index contributed by atoms with van der Waals surface area (Å²) in [7, 11) is 0. The van der Waals surface area contributed by atoms with E-state index >= 15 is 0 Å². The predicted octanol–water partition coefficient (Wildman–Crippen LogP) is 2.85. The topological polar surface area (TPSA) is 25.8 Å². The van der Waals surface area contributed by atoms with E-state index in [-0.39, 0.29) is 0 Å². The van der Waals surface area contributed by atoms with Crippen LogP contribution in [-0.2, 0) is 0 Å². The van der Waals surface area contributed by atoms with Crippen molar-refractivity contribution in [2.75, 3.05) is 5.88 Å². The number of hydrogen-bond acceptors (Lipinski definition) is 2. The Bertz CT molecular complexity index is 277. The lowest BCUT2D eigenvalue weighted by Gasteiger charge is -2.02. The van der Waals surface area contributed by atoms with Gasteiger partial charge < -0.3 is 0 Å². The van der Waals surface area contributed by atoms with E-state index in [1.807, 2.05) is 12.2 Å². The van der Waals surface area contributed by atoms with Crippen LogP contribution in [0.5, 0.6) is 0 Å². The monoisotopic (exact) mass is 196 g/mol. The third-order valence-electron chi connectivity index (χ3n) is 1.66. The highest BCUT2D eigenvalue weighted by molar-refractivity contribution is 6.19. The van der Waals surface area contributed by atoms with E-state index < -0.39 is 0 Å². The van der Waals surface area contributed by atoms with E-state index in [1.165, 1.54) is 0 Å². The quantitative estimate of drug-likeness (QED) is 0.695. The second-order valence-electron chi connectivity index (χ2n) is 3.08. The van der Waals surface area contributed by atoms with Crippen LogP contribution in [0.4, 0.5) is 0 Å². The summed E-state index contributed by atoms with van der Waals surface area (Å²) in [5.41, 5.74) is 1.87. The first-order valence-corrected chi connectivity index (χ1v) is 4.82. The molecule has 3 heteroatoms. The van der Waals surface area contributed by atoms with Crippen molar-refractivity contribution in [3.05, 3.63) is 29.9 Å². The zero-order chi connectivity index (χ0) is 9.68. The number of hydrogen-bond donors (Lipinski definition) is 0. The lowest BCUT2D eigenvalue weighted by molar-refractivity contribution is 0.810. The molecule has 0 bridgehead atoms. The molecule has 0 fully saturated rings. The summed E-state index contributed by atoms with van der Waals surface area (Å²) in [4.78, 5) is 8.50. The molecule has 1 aromatic rings. The summed E-state index contributed by atoms with van der Waals surface area (Å²) in [5.74, 6) is 0.937. The Morgan fingerprint density at radius 3 is 2.62 bits per heavy atom. The van der Waals surface area contributed by atoms with Crippen LogP contribution >= 0.6 is 11.6 Å². The zero-order valence-electron chi connectivity index (χ0n) is 7.87. The molecule has 0 aliphatic rings. The number of allylic oxidation sites excluding steroid dienone is 1. The van der Waals surface area contributed by atoms with Crippen molar-refractivity contribution in [3.63, 3.8) is 0 Å². The molecule has 13 heavy (non-hydrogen) atoms. The van der Waals surface area contributed by atoms with Gasteiger partial charge in [0.15, 0.2) is 0 Å². The van der Waals surface area contributed by atoms with Gasteiger partial charge in [0.25, 0.3) is 0 Å². The van der Waals surface area contributed by atoms with Crippen LogP contribution in [0.3, 0.4) is 0 Å². The lowest BCUT2D eigenvalue weighted by Crippen LogP contribution is -1.94. The average molecular weight is 197 g/mol. The Balaban J connectivity index is 2.75. The SMILES string of the molecule is CC(C)c1cnc(/C=C/CCl)cn1. The van der Waals surface area contributed by atoms with Crippen LogP contribution in [0.25, 0.3) is 6.08 Å². The first-order chi connectivity index (χ1) is 6.24. The molecule has 70 valence electrons. The fourth-order valence-corrected chi connectivity index (χ4v) is 0.987. The number of aromatic nitrogens is 2. The van der Waals surface area contributed by atoms with Gasteiger partial charge in [-0.05, 0) is 12.0 Å². The van der Waals surface area contributed by atoms with Crippen molar-refractivity contribution in [1.82, 2.24) is 9.97 Å². The van der Waals surface area contributed by atoms with Gasteiger partial charge in [0.05, 0.1) is 17.6 Å². The molecule has 0 radical (unpaired) electrons. The van der Waals surface area contributed by atoms with Crippen LogP contribution in [0.1, 0.15) is 31.2 Å². The molecular formula is C10H13ClN2. The van der Waals surface area contributed by atoms with Gasteiger partial charge in [-0.1, -0.05) is 19.9 Å². The smallest absolute Gasteiger partial charge is 0.0810 e. The summed E-state index contributed by atoms with van der Waals surface area (Å²) in [6.45, 7) is 4.19. The van der Waals surface area contributed by atoms with E-state index in [1.54, 1.807) is 12.4 Å². The fourth-order valence-electron chi connectivity index (χ4n) is 0.898. The maximum absolute atomic E-state index is 5.50. The molecule has 0 amide bonds. The normalized spacial score (nSPS) is 11.4. The number of alkyl halides is 1. The number of nitrogens with zero attached hydrogens (tertiary/aromatic N) is 2. The summed E-state index contributed by atoms with van der Waals surface area (Å²) < 4.78 is 0. The molecule has 0 N–H and O–H groups in total. The molecule has 1 aromatic heterocycles. The Morgan fingerprint density at radius 2 is 2.15 bits per heavy atom. The molecule has 1 rings (SSSR count). The van der Waals surface area contributed by atoms with E-state index in [0.717, 1.165) is 11.4 Å². The Labute approximate surface area is 83.7 Å². The molecule has 0 saturated carbocycles. The minimum absolute atomic E-state index is 0.429. The average Bonchev–Trinajstić information content (AvgIpc) is 2.15. The van der Waals surface area contributed by atoms with E-state index in [2.05, 4.69) is 23.8 Å². The van der Waals surface area contributed by atoms with Crippen LogP contribution in [0, 0.1) is 0 Å². The standard InChI is InChI=1S/C10H13ClN2/c1-8(2)10-7-12-9(6-13-10)4-3-5-11/h3-4,6-8H,5H2,1-2H3/b4-3+. The Kier molecular flexibility index (Phi) is 3.90. The maximum atomic E-state index is 5.50. The highest BCUT2D eigenvalue weighted by Gasteiger charge is 1.99. The maximum Gasteiger partial charge on any atom is 0.0810 e. The predicted molar refractivity (Wildman–Crippen MR) is 55.9 cm³/mol.